The van der Waals surface area contributed by atoms with Crippen LogP contribution in [0.2, 0.25) is 0 Å². The Balaban J connectivity index is 0.000000149. The van der Waals surface area contributed by atoms with E-state index in [9.17, 15) is 60.0 Å². The van der Waals surface area contributed by atoms with Gasteiger partial charge in [0.25, 0.3) is 0 Å². The number of aromatic nitrogens is 12. The molecule has 0 aliphatic rings. The van der Waals surface area contributed by atoms with Gasteiger partial charge in [0.15, 0.2) is 69.9 Å². The Morgan fingerprint density at radius 2 is 0.405 bits per heavy atom. The van der Waals surface area contributed by atoms with E-state index in [1.54, 1.807) is 298 Å². The Kier molecular flexibility index (Phi) is 31.3. The molecular weight excluding hydrogens is 1660 g/mol. The standard InChI is InChI=1S/C28H27N3O4.C26H23N3O4.C25H21N3O4.C24H19N3O4/c1-2-3-4-9-17-35-28(34)20-12-10-11-19(18-20)25-29-26(21-13-5-7-15-23(21)32)31-27(30-25)22-14-6-8-16-24(22)33;1-2-3-15-33-26(32)18-10-8-9-17(16-18)23-27-24(19-11-4-6-13-21(19)30)29-25(28-23)20-12-5-7-14-22(20)31;1-2-14-32-25(31)17-9-7-8-16(15-17)22-26-23(18-10-3-5-12-20(18)29)28-24(27-22)19-11-4-6-13-21(19)30;1-2-31-24(30)16-9-7-8-15(14-16)21-25-22(17-10-3-5-12-19(17)28)27-23(26-21)18-11-4-6-13-20(18)29/h5-8,10-16,18,32-33H,2-4,9,17H2,1H3;4-14,16,30-31H,2-3,15H2,1H3;3-13,15,29-30H,2,14H2,1H3;3-14,28-29H,2H2,1H3. The summed E-state index contributed by atoms with van der Waals surface area (Å²) in [5, 5.41) is 82.7. The quantitative estimate of drug-likeness (QED) is 0.0135. The van der Waals surface area contributed by atoms with Crippen LogP contribution in [-0.4, -0.2) is 151 Å². The van der Waals surface area contributed by atoms with E-state index in [1.807, 2.05) is 13.8 Å². The van der Waals surface area contributed by atoms with E-state index in [-0.39, 0.29) is 105 Å². The molecule has 12 aromatic carbocycles. The first-order valence-corrected chi connectivity index (χ1v) is 42.2. The lowest BCUT2D eigenvalue weighted by atomic mass is 10.1. The molecule has 0 unspecified atom stereocenters. The van der Waals surface area contributed by atoms with Gasteiger partial charge in [-0.05, 0) is 172 Å². The fraction of sp³-hybridized carbons (Fsp3) is 0.146. The molecule has 0 bridgehead atoms. The first kappa shape index (κ1) is 91.7. The lowest BCUT2D eigenvalue weighted by molar-refractivity contribution is 0.0489. The molecule has 4 heterocycles. The number of benzene rings is 12. The van der Waals surface area contributed by atoms with Crippen LogP contribution in [0.15, 0.2) is 291 Å². The highest BCUT2D eigenvalue weighted by Crippen LogP contribution is 2.39. The average Bonchev–Trinajstić information content (AvgIpc) is 0.801. The minimum absolute atomic E-state index is 0.0168. The van der Waals surface area contributed by atoms with E-state index in [4.69, 9.17) is 18.9 Å². The minimum Gasteiger partial charge on any atom is -0.507 e. The number of para-hydroxylation sites is 8. The fourth-order valence-electron chi connectivity index (χ4n) is 13.1. The van der Waals surface area contributed by atoms with Gasteiger partial charge in [-0.3, -0.25) is 0 Å². The molecule has 28 nitrogen and oxygen atoms in total. The molecule has 0 saturated heterocycles. The number of phenolic OH excluding ortho intramolecular Hbond substituents is 8. The summed E-state index contributed by atoms with van der Waals surface area (Å²) in [6.07, 6.45) is 6.56. The first-order chi connectivity index (χ1) is 63.8. The molecule has 658 valence electrons. The number of hydrogen-bond donors (Lipinski definition) is 8. The number of phenols is 8. The summed E-state index contributed by atoms with van der Waals surface area (Å²) in [5.74, 6) is 1.58. The lowest BCUT2D eigenvalue weighted by Gasteiger charge is -2.11. The summed E-state index contributed by atoms with van der Waals surface area (Å²) in [7, 11) is 0. The number of carbonyl (C=O) groups is 4. The SMILES string of the molecule is CCCCCCOC(=O)c1cccc(-c2nc(-c3ccccc3O)nc(-c3ccccc3O)n2)c1.CCCCOC(=O)c1cccc(-c2nc(-c3ccccc3O)nc(-c3ccccc3O)n2)c1.CCCOC(=O)c1cccc(-c2nc(-c3ccccc3O)nc(-c3ccccc3O)n2)c1.CCOC(=O)c1cccc(-c2nc(-c3ccccc3O)nc(-c3ccccc3O)n2)c1. The average molecular weight is 1750 g/mol. The maximum atomic E-state index is 12.6. The molecule has 0 saturated carbocycles. The molecule has 8 N–H and O–H groups in total. The van der Waals surface area contributed by atoms with Crippen LogP contribution in [0.25, 0.3) is 137 Å². The van der Waals surface area contributed by atoms with Gasteiger partial charge in [-0.2, -0.15) is 0 Å². The topological polar surface area (TPSA) is 422 Å². The van der Waals surface area contributed by atoms with Crippen LogP contribution in [-0.2, 0) is 18.9 Å². The molecule has 0 aliphatic carbocycles. The number of aromatic hydroxyl groups is 8. The number of carbonyl (C=O) groups excluding carboxylic acids is 4. The minimum atomic E-state index is -0.444. The first-order valence-electron chi connectivity index (χ1n) is 42.2. The van der Waals surface area contributed by atoms with Gasteiger partial charge < -0.3 is 59.8 Å². The van der Waals surface area contributed by atoms with E-state index in [1.165, 1.54) is 0 Å². The molecule has 16 aromatic rings. The van der Waals surface area contributed by atoms with E-state index >= 15 is 0 Å². The van der Waals surface area contributed by atoms with Gasteiger partial charge in [0.1, 0.15) is 46.0 Å². The Hall–Kier alpha value is -17.0. The van der Waals surface area contributed by atoms with Gasteiger partial charge in [-0.25, -0.2) is 79.0 Å². The molecular formula is C103H90N12O16. The summed E-state index contributed by atoms with van der Waals surface area (Å²) in [4.78, 5) is 104. The second-order valence-corrected chi connectivity index (χ2v) is 29.2. The Bertz CT molecular complexity index is 6480. The van der Waals surface area contributed by atoms with Gasteiger partial charge in [-0.1, -0.05) is 192 Å². The van der Waals surface area contributed by atoms with Crippen molar-refractivity contribution in [1.82, 2.24) is 59.8 Å². The molecule has 0 amide bonds. The van der Waals surface area contributed by atoms with Crippen molar-refractivity contribution in [1.29, 1.82) is 0 Å². The van der Waals surface area contributed by atoms with Gasteiger partial charge in [0.2, 0.25) is 0 Å². The smallest absolute Gasteiger partial charge is 0.338 e. The van der Waals surface area contributed by atoms with E-state index in [0.717, 1.165) is 44.9 Å². The second kappa shape index (κ2) is 44.7. The summed E-state index contributed by atoms with van der Waals surface area (Å²) >= 11 is 0. The van der Waals surface area contributed by atoms with Crippen LogP contribution in [0.4, 0.5) is 0 Å². The van der Waals surface area contributed by atoms with Crippen LogP contribution in [0.1, 0.15) is 114 Å². The number of hydrogen-bond acceptors (Lipinski definition) is 28. The molecule has 0 radical (unpaired) electrons. The number of ether oxygens (including phenoxy) is 4. The predicted molar refractivity (Wildman–Crippen MR) is 494 cm³/mol. The van der Waals surface area contributed by atoms with Crippen molar-refractivity contribution in [3.63, 3.8) is 0 Å². The third kappa shape index (κ3) is 23.8. The van der Waals surface area contributed by atoms with E-state index in [2.05, 4.69) is 66.7 Å². The van der Waals surface area contributed by atoms with E-state index in [0.29, 0.717) is 126 Å². The second-order valence-electron chi connectivity index (χ2n) is 29.2. The summed E-state index contributed by atoms with van der Waals surface area (Å²) in [5.41, 5.74) is 7.23. The largest absolute Gasteiger partial charge is 0.507 e. The zero-order chi connectivity index (χ0) is 92.1. The predicted octanol–water partition coefficient (Wildman–Crippen LogP) is 20.6. The number of unbranched alkanes of at least 4 members (excludes halogenated alkanes) is 4. The number of nitrogens with zero attached hydrogens (tertiary/aromatic N) is 12. The zero-order valence-electron chi connectivity index (χ0n) is 71.7. The van der Waals surface area contributed by atoms with Gasteiger partial charge >= 0.3 is 23.9 Å². The molecule has 131 heavy (non-hydrogen) atoms. The summed E-state index contributed by atoms with van der Waals surface area (Å²) < 4.78 is 21.0. The normalized spacial score (nSPS) is 10.7. The van der Waals surface area contributed by atoms with Crippen LogP contribution >= 0.6 is 0 Å². The molecule has 0 spiro atoms. The van der Waals surface area contributed by atoms with Crippen molar-refractivity contribution in [2.75, 3.05) is 26.4 Å². The third-order valence-electron chi connectivity index (χ3n) is 19.8. The third-order valence-corrected chi connectivity index (χ3v) is 19.8. The van der Waals surface area contributed by atoms with Crippen molar-refractivity contribution >= 4 is 23.9 Å². The van der Waals surface area contributed by atoms with Gasteiger partial charge in [-0.15, -0.1) is 0 Å². The Morgan fingerprint density at radius 1 is 0.206 bits per heavy atom. The highest BCUT2D eigenvalue weighted by molar-refractivity contribution is 5.93. The summed E-state index contributed by atoms with van der Waals surface area (Å²) in [6.45, 7) is 9.17. The molecule has 0 atom stereocenters. The van der Waals surface area contributed by atoms with Gasteiger partial charge in [0, 0.05) is 22.3 Å². The maximum absolute atomic E-state index is 12.6. The van der Waals surface area contributed by atoms with Crippen LogP contribution < -0.4 is 0 Å². The fourth-order valence-corrected chi connectivity index (χ4v) is 13.1. The Morgan fingerprint density at radius 3 is 0.611 bits per heavy atom. The van der Waals surface area contributed by atoms with Crippen molar-refractivity contribution in [2.24, 2.45) is 0 Å². The molecule has 0 aliphatic heterocycles. The van der Waals surface area contributed by atoms with Crippen LogP contribution in [0, 0.1) is 0 Å². The molecule has 28 heteroatoms. The van der Waals surface area contributed by atoms with Crippen molar-refractivity contribution in [2.45, 2.75) is 72.6 Å². The maximum Gasteiger partial charge on any atom is 0.338 e. The number of rotatable bonds is 27. The van der Waals surface area contributed by atoms with Crippen LogP contribution in [0.5, 0.6) is 46.0 Å². The molecule has 16 rings (SSSR count). The van der Waals surface area contributed by atoms with Gasteiger partial charge in [0.05, 0.1) is 93.2 Å². The summed E-state index contributed by atoms with van der Waals surface area (Å²) in [6, 6.07) is 81.0. The lowest BCUT2D eigenvalue weighted by Crippen LogP contribution is -2.07. The van der Waals surface area contributed by atoms with Crippen molar-refractivity contribution in [3.05, 3.63) is 313 Å². The monoisotopic (exact) mass is 1750 g/mol. The number of esters is 4. The van der Waals surface area contributed by atoms with E-state index < -0.39 is 23.9 Å². The zero-order valence-corrected chi connectivity index (χ0v) is 71.7. The highest BCUT2D eigenvalue weighted by atomic mass is 16.5. The molecule has 0 fully saturated rings. The molecule has 4 aromatic heterocycles. The highest BCUT2D eigenvalue weighted by Gasteiger charge is 2.24. The Labute approximate surface area is 753 Å². The van der Waals surface area contributed by atoms with Crippen LogP contribution in [0.3, 0.4) is 0 Å². The van der Waals surface area contributed by atoms with Crippen molar-refractivity contribution < 1.29 is 79.0 Å². The van der Waals surface area contributed by atoms with Crippen molar-refractivity contribution in [3.8, 4) is 183 Å².